The highest BCUT2D eigenvalue weighted by atomic mass is 16.5. The molecule has 266 valence electrons. The molecule has 5 aliphatic rings. The van der Waals surface area contributed by atoms with E-state index in [2.05, 4.69) is 95.1 Å². The Kier molecular flexibility index (Phi) is 7.38. The van der Waals surface area contributed by atoms with Gasteiger partial charge in [-0.3, -0.25) is 9.89 Å². The molecule has 0 amide bonds. The van der Waals surface area contributed by atoms with Gasteiger partial charge in [0.25, 0.3) is 0 Å². The van der Waals surface area contributed by atoms with Crippen molar-refractivity contribution in [2.75, 3.05) is 11.5 Å². The predicted octanol–water partition coefficient (Wildman–Crippen LogP) is 9.66. The van der Waals surface area contributed by atoms with Crippen LogP contribution in [0, 0.1) is 44.8 Å². The molecule has 7 atom stereocenters. The van der Waals surface area contributed by atoms with Gasteiger partial charge in [-0.2, -0.15) is 5.10 Å². The zero-order valence-corrected chi connectivity index (χ0v) is 31.4. The number of nitrogens with one attached hydrogen (secondary N) is 1. The number of para-hydroxylation sites is 1. The summed E-state index contributed by atoms with van der Waals surface area (Å²) in [6, 6.07) is 18.7. The summed E-state index contributed by atoms with van der Waals surface area (Å²) in [5, 5.41) is 7.93. The molecule has 3 saturated carbocycles. The highest BCUT2D eigenvalue weighted by molar-refractivity contribution is 5.84. The molecule has 0 saturated heterocycles. The minimum atomic E-state index is -0.536. The van der Waals surface area contributed by atoms with E-state index in [0.717, 1.165) is 61.8 Å². The first-order valence-corrected chi connectivity index (χ1v) is 19.2. The van der Waals surface area contributed by atoms with E-state index in [0.29, 0.717) is 24.3 Å². The number of benzene rings is 2. The summed E-state index contributed by atoms with van der Waals surface area (Å²) < 4.78 is 6.34. The topological polar surface area (TPSA) is 107 Å². The molecular formula is C44H58N4O2. The number of aromatic nitrogens is 2. The third-order valence-electron chi connectivity index (χ3n) is 15.9. The fourth-order valence-electron chi connectivity index (χ4n) is 13.1. The van der Waals surface area contributed by atoms with Gasteiger partial charge in [-0.15, -0.1) is 0 Å². The summed E-state index contributed by atoms with van der Waals surface area (Å²) in [4.78, 5) is 14.7. The molecule has 2 aromatic carbocycles. The van der Waals surface area contributed by atoms with Crippen LogP contribution in [0.15, 0.2) is 60.2 Å². The number of hydrogen-bond acceptors (Lipinski definition) is 5. The first-order chi connectivity index (χ1) is 23.6. The van der Waals surface area contributed by atoms with E-state index in [-0.39, 0.29) is 39.0 Å². The van der Waals surface area contributed by atoms with E-state index in [1.807, 2.05) is 18.2 Å². The molecule has 5 aliphatic carbocycles. The standard InChI is InChI=1S/C44H58N4O2/c1-39(2)19-21-44(38(49)50-26-27-13-9-8-10-14-27)22-20-43(7)35(31(44)25-39)29(28-15-11-12-16-32(28)45)23-34-41(5)24-30-36(47-48-37(30)46)40(3,4)33(41)17-18-42(34,43)6/h8-16,31,33-34H,17-26,45H2,1-7H3,(H3,46,47,48)/t31?,33?,34?,41-,42+,43+,44-/m0/s1. The van der Waals surface area contributed by atoms with Crippen LogP contribution in [0.1, 0.15) is 122 Å². The molecule has 3 aromatic rings. The van der Waals surface area contributed by atoms with E-state index >= 15 is 0 Å². The minimum absolute atomic E-state index is 0.00303. The molecule has 5 N–H and O–H groups in total. The summed E-state index contributed by atoms with van der Waals surface area (Å²) in [6.07, 6.45) is 8.95. The highest BCUT2D eigenvalue weighted by Gasteiger charge is 2.70. The largest absolute Gasteiger partial charge is 0.460 e. The van der Waals surface area contributed by atoms with Gasteiger partial charge in [0, 0.05) is 27.9 Å². The average Bonchev–Trinajstić information content (AvgIpc) is 3.44. The first-order valence-electron chi connectivity index (χ1n) is 19.2. The number of nitrogen functional groups attached to an aromatic ring is 2. The van der Waals surface area contributed by atoms with Gasteiger partial charge in [0.05, 0.1) is 5.41 Å². The maximum Gasteiger partial charge on any atom is 0.313 e. The Labute approximate surface area is 299 Å². The van der Waals surface area contributed by atoms with E-state index in [4.69, 9.17) is 16.2 Å². The van der Waals surface area contributed by atoms with Gasteiger partial charge in [0.2, 0.25) is 0 Å². The van der Waals surface area contributed by atoms with Crippen molar-refractivity contribution in [1.29, 1.82) is 0 Å². The van der Waals surface area contributed by atoms with Crippen molar-refractivity contribution in [1.82, 2.24) is 10.2 Å². The number of allylic oxidation sites excluding steroid dienone is 2. The third-order valence-corrected chi connectivity index (χ3v) is 15.9. The third kappa shape index (κ3) is 4.51. The molecule has 3 unspecified atom stereocenters. The van der Waals surface area contributed by atoms with Crippen LogP contribution < -0.4 is 11.5 Å². The van der Waals surface area contributed by atoms with Crippen molar-refractivity contribution < 1.29 is 9.53 Å². The summed E-state index contributed by atoms with van der Waals surface area (Å²) in [5.74, 6) is 1.66. The van der Waals surface area contributed by atoms with Crippen LogP contribution in [0.2, 0.25) is 0 Å². The number of esters is 1. The Morgan fingerprint density at radius 3 is 2.32 bits per heavy atom. The minimum Gasteiger partial charge on any atom is -0.460 e. The summed E-state index contributed by atoms with van der Waals surface area (Å²) in [5.41, 5.74) is 21.5. The molecule has 0 bridgehead atoms. The van der Waals surface area contributed by atoms with Gasteiger partial charge in [0.15, 0.2) is 0 Å². The fourth-order valence-corrected chi connectivity index (χ4v) is 13.1. The summed E-state index contributed by atoms with van der Waals surface area (Å²) in [6.45, 7) is 17.8. The van der Waals surface area contributed by atoms with Crippen LogP contribution in [0.5, 0.6) is 0 Å². The molecule has 0 radical (unpaired) electrons. The Hall–Kier alpha value is -3.54. The van der Waals surface area contributed by atoms with Crippen molar-refractivity contribution in [2.45, 2.75) is 118 Å². The number of fused-ring (bicyclic) bond motifs is 8. The van der Waals surface area contributed by atoms with Crippen LogP contribution in [0.4, 0.5) is 11.5 Å². The number of anilines is 2. The summed E-state index contributed by atoms with van der Waals surface area (Å²) in [7, 11) is 0. The van der Waals surface area contributed by atoms with Gasteiger partial charge >= 0.3 is 5.97 Å². The van der Waals surface area contributed by atoms with Gasteiger partial charge in [0.1, 0.15) is 12.4 Å². The lowest BCUT2D eigenvalue weighted by Gasteiger charge is -2.71. The lowest BCUT2D eigenvalue weighted by Crippen LogP contribution is -2.65. The molecule has 1 heterocycles. The number of nitrogens with zero attached hydrogens (tertiary/aromatic N) is 1. The lowest BCUT2D eigenvalue weighted by atomic mass is 9.32. The van der Waals surface area contributed by atoms with Crippen LogP contribution in [0.25, 0.3) is 5.57 Å². The zero-order valence-electron chi connectivity index (χ0n) is 31.4. The maximum atomic E-state index is 14.7. The van der Waals surface area contributed by atoms with Gasteiger partial charge in [-0.05, 0) is 114 Å². The molecule has 0 spiro atoms. The molecule has 1 aromatic heterocycles. The molecule has 50 heavy (non-hydrogen) atoms. The molecule has 0 aliphatic heterocycles. The van der Waals surface area contributed by atoms with Crippen LogP contribution in [-0.4, -0.2) is 16.2 Å². The van der Waals surface area contributed by atoms with Crippen molar-refractivity contribution >= 4 is 23.0 Å². The Balaban J connectivity index is 1.31. The van der Waals surface area contributed by atoms with Gasteiger partial charge < -0.3 is 16.2 Å². The quantitative estimate of drug-likeness (QED) is 0.189. The van der Waals surface area contributed by atoms with Crippen molar-refractivity contribution in [3.8, 4) is 0 Å². The molecule has 6 nitrogen and oxygen atoms in total. The average molecular weight is 675 g/mol. The lowest BCUT2D eigenvalue weighted by molar-refractivity contribution is -0.181. The normalized spacial score (nSPS) is 36.7. The molecule has 8 rings (SSSR count). The van der Waals surface area contributed by atoms with E-state index < -0.39 is 5.41 Å². The fraction of sp³-hybridized carbons (Fsp3) is 0.591. The van der Waals surface area contributed by atoms with Crippen molar-refractivity contribution in [2.24, 2.45) is 44.8 Å². The smallest absolute Gasteiger partial charge is 0.313 e. The second-order valence-corrected chi connectivity index (χ2v) is 19.1. The Morgan fingerprint density at radius 1 is 0.880 bits per heavy atom. The first kappa shape index (κ1) is 33.6. The van der Waals surface area contributed by atoms with Gasteiger partial charge in [-0.1, -0.05) is 103 Å². The van der Waals surface area contributed by atoms with Gasteiger partial charge in [-0.25, -0.2) is 0 Å². The number of carbonyl (C=O) groups excluding carboxylic acids is 1. The molecule has 6 heteroatoms. The Morgan fingerprint density at radius 2 is 1.58 bits per heavy atom. The number of aromatic amines is 1. The Bertz CT molecular complexity index is 1870. The molecule has 3 fully saturated rings. The van der Waals surface area contributed by atoms with E-state index in [9.17, 15) is 4.79 Å². The number of nitrogens with two attached hydrogens (primary N) is 2. The SMILES string of the molecule is CC1(C)CC[C@]2(C(=O)OCc3ccccc3)CC[C@]3(C)C(=C(c4ccccc4N)CC4[C@@]5(C)Cc6c(N)n[nH]c6C(C)(C)C5CC[C@]43C)C2C1. The highest BCUT2D eigenvalue weighted by Crippen LogP contribution is 2.77. The summed E-state index contributed by atoms with van der Waals surface area (Å²) >= 11 is 0. The predicted molar refractivity (Wildman–Crippen MR) is 202 cm³/mol. The number of H-pyrrole nitrogens is 1. The van der Waals surface area contributed by atoms with E-state index in [1.165, 1.54) is 35.2 Å². The van der Waals surface area contributed by atoms with Crippen LogP contribution in [0.3, 0.4) is 0 Å². The monoisotopic (exact) mass is 674 g/mol. The number of rotatable bonds is 4. The van der Waals surface area contributed by atoms with Crippen LogP contribution >= 0.6 is 0 Å². The second-order valence-electron chi connectivity index (χ2n) is 19.1. The van der Waals surface area contributed by atoms with Crippen LogP contribution in [-0.2, 0) is 28.0 Å². The zero-order chi connectivity index (χ0) is 35.5. The van der Waals surface area contributed by atoms with E-state index in [1.54, 1.807) is 0 Å². The van der Waals surface area contributed by atoms with Crippen molar-refractivity contribution in [3.63, 3.8) is 0 Å². The second kappa shape index (κ2) is 11.0. The number of hydrogen-bond donors (Lipinski definition) is 3. The number of ether oxygens (including phenoxy) is 1. The molecular weight excluding hydrogens is 617 g/mol. The maximum absolute atomic E-state index is 14.7. The van der Waals surface area contributed by atoms with Crippen molar-refractivity contribution in [3.05, 3.63) is 82.6 Å². The number of carbonyl (C=O) groups is 1.